The SMILES string of the molecule is CC(C(=O)O)=C(C)C(=O)NC(=O)NCC1CC1C. The molecule has 0 radical (unpaired) electrons. The van der Waals surface area contributed by atoms with E-state index in [1.54, 1.807) is 0 Å². The molecule has 0 aromatic heterocycles. The quantitative estimate of drug-likeness (QED) is 0.649. The molecule has 0 aliphatic heterocycles. The number of amides is 3. The Morgan fingerprint density at radius 3 is 2.22 bits per heavy atom. The van der Waals surface area contributed by atoms with Crippen LogP contribution in [0.3, 0.4) is 0 Å². The molecule has 3 N–H and O–H groups in total. The maximum atomic E-state index is 11.5. The molecular formula is C12H18N2O4. The van der Waals surface area contributed by atoms with Crippen molar-refractivity contribution in [3.8, 4) is 0 Å². The van der Waals surface area contributed by atoms with Gasteiger partial charge in [0, 0.05) is 17.7 Å². The lowest BCUT2D eigenvalue weighted by atomic mass is 10.1. The Kier molecular flexibility index (Phi) is 4.47. The fourth-order valence-electron chi connectivity index (χ4n) is 1.48. The average Bonchev–Trinajstić information content (AvgIpc) is 3.00. The normalized spacial score (nSPS) is 22.8. The number of carboxylic acids is 1. The van der Waals surface area contributed by atoms with Gasteiger partial charge in [0.15, 0.2) is 0 Å². The van der Waals surface area contributed by atoms with Gasteiger partial charge in [0.25, 0.3) is 5.91 Å². The maximum absolute atomic E-state index is 11.5. The lowest BCUT2D eigenvalue weighted by Gasteiger charge is -2.07. The standard InChI is InChI=1S/C12H18N2O4/c1-6-4-9(6)5-13-12(18)14-10(15)7(2)8(3)11(16)17/h6,9H,4-5H2,1-3H3,(H,16,17)(H2,13,14,15,18). The molecule has 1 saturated carbocycles. The van der Waals surface area contributed by atoms with E-state index in [9.17, 15) is 14.4 Å². The first-order chi connectivity index (χ1) is 8.32. The molecule has 2 atom stereocenters. The Hall–Kier alpha value is -1.85. The number of urea groups is 1. The summed E-state index contributed by atoms with van der Waals surface area (Å²) in [5.74, 6) is -0.744. The summed E-state index contributed by atoms with van der Waals surface area (Å²) in [5.41, 5.74) is -0.0476. The van der Waals surface area contributed by atoms with Crippen LogP contribution in [0.5, 0.6) is 0 Å². The van der Waals surface area contributed by atoms with Gasteiger partial charge < -0.3 is 10.4 Å². The van der Waals surface area contributed by atoms with Crippen LogP contribution in [-0.4, -0.2) is 29.6 Å². The highest BCUT2D eigenvalue weighted by atomic mass is 16.4. The Labute approximate surface area is 105 Å². The molecule has 0 heterocycles. The molecular weight excluding hydrogens is 236 g/mol. The molecule has 1 aliphatic rings. The third kappa shape index (κ3) is 3.87. The lowest BCUT2D eigenvalue weighted by Crippen LogP contribution is -2.41. The number of rotatable bonds is 4. The molecule has 2 unspecified atom stereocenters. The van der Waals surface area contributed by atoms with Crippen LogP contribution >= 0.6 is 0 Å². The number of hydrogen-bond donors (Lipinski definition) is 3. The van der Waals surface area contributed by atoms with Crippen molar-refractivity contribution in [3.05, 3.63) is 11.1 Å². The summed E-state index contributed by atoms with van der Waals surface area (Å²) >= 11 is 0. The van der Waals surface area contributed by atoms with E-state index in [1.165, 1.54) is 13.8 Å². The summed E-state index contributed by atoms with van der Waals surface area (Å²) in [4.78, 5) is 33.6. The number of carboxylic acid groups (broad SMARTS) is 1. The van der Waals surface area contributed by atoms with Gasteiger partial charge in [0.05, 0.1) is 0 Å². The first kappa shape index (κ1) is 14.2. The Balaban J connectivity index is 2.41. The molecule has 100 valence electrons. The van der Waals surface area contributed by atoms with E-state index in [1.807, 2.05) is 0 Å². The first-order valence-corrected chi connectivity index (χ1v) is 5.82. The molecule has 6 nitrogen and oxygen atoms in total. The Bertz CT molecular complexity index is 414. The van der Waals surface area contributed by atoms with E-state index in [0.717, 1.165) is 6.42 Å². The molecule has 0 spiro atoms. The zero-order chi connectivity index (χ0) is 13.9. The van der Waals surface area contributed by atoms with Crippen molar-refractivity contribution in [2.75, 3.05) is 6.54 Å². The molecule has 1 aliphatic carbocycles. The number of carbonyl (C=O) groups is 3. The minimum absolute atomic E-state index is 0.0254. The van der Waals surface area contributed by atoms with Gasteiger partial charge in [0.2, 0.25) is 0 Å². The summed E-state index contributed by atoms with van der Waals surface area (Å²) in [7, 11) is 0. The average molecular weight is 254 g/mol. The summed E-state index contributed by atoms with van der Waals surface area (Å²) in [6.45, 7) is 5.33. The molecule has 18 heavy (non-hydrogen) atoms. The van der Waals surface area contributed by atoms with Gasteiger partial charge in [-0.2, -0.15) is 0 Å². The predicted octanol–water partition coefficient (Wildman–Crippen LogP) is 0.889. The molecule has 1 fully saturated rings. The van der Waals surface area contributed by atoms with E-state index < -0.39 is 17.9 Å². The second-order valence-corrected chi connectivity index (χ2v) is 4.69. The highest BCUT2D eigenvalue weighted by molar-refractivity contribution is 6.07. The number of aliphatic carboxylic acids is 1. The van der Waals surface area contributed by atoms with Crippen LogP contribution in [0.4, 0.5) is 4.79 Å². The molecule has 1 rings (SSSR count). The van der Waals surface area contributed by atoms with Crippen LogP contribution < -0.4 is 10.6 Å². The van der Waals surface area contributed by atoms with Crippen molar-refractivity contribution in [2.24, 2.45) is 11.8 Å². The molecule has 6 heteroatoms. The molecule has 3 amide bonds. The van der Waals surface area contributed by atoms with E-state index in [4.69, 9.17) is 5.11 Å². The van der Waals surface area contributed by atoms with Crippen LogP contribution in [-0.2, 0) is 9.59 Å². The van der Waals surface area contributed by atoms with Crippen LogP contribution in [0.15, 0.2) is 11.1 Å². The monoisotopic (exact) mass is 254 g/mol. The molecule has 0 saturated heterocycles. The summed E-state index contributed by atoms with van der Waals surface area (Å²) < 4.78 is 0. The fraction of sp³-hybridized carbons (Fsp3) is 0.583. The van der Waals surface area contributed by atoms with Gasteiger partial charge in [-0.15, -0.1) is 0 Å². The summed E-state index contributed by atoms with van der Waals surface area (Å²) in [5, 5.41) is 13.4. The van der Waals surface area contributed by atoms with E-state index in [-0.39, 0.29) is 11.1 Å². The number of carbonyl (C=O) groups excluding carboxylic acids is 2. The van der Waals surface area contributed by atoms with Gasteiger partial charge in [-0.1, -0.05) is 6.92 Å². The van der Waals surface area contributed by atoms with Crippen LogP contribution in [0, 0.1) is 11.8 Å². The summed E-state index contributed by atoms with van der Waals surface area (Å²) in [6.07, 6.45) is 1.09. The number of nitrogens with one attached hydrogen (secondary N) is 2. The second-order valence-electron chi connectivity index (χ2n) is 4.69. The maximum Gasteiger partial charge on any atom is 0.331 e. The van der Waals surface area contributed by atoms with Crippen LogP contribution in [0.1, 0.15) is 27.2 Å². The van der Waals surface area contributed by atoms with Gasteiger partial charge in [-0.3, -0.25) is 10.1 Å². The van der Waals surface area contributed by atoms with Crippen molar-refractivity contribution < 1.29 is 19.5 Å². The minimum Gasteiger partial charge on any atom is -0.478 e. The molecule has 0 bridgehead atoms. The van der Waals surface area contributed by atoms with Gasteiger partial charge in [0.1, 0.15) is 0 Å². The van der Waals surface area contributed by atoms with Crippen molar-refractivity contribution >= 4 is 17.9 Å². The third-order valence-electron chi connectivity index (χ3n) is 3.25. The fourth-order valence-corrected chi connectivity index (χ4v) is 1.48. The van der Waals surface area contributed by atoms with Gasteiger partial charge in [-0.25, -0.2) is 9.59 Å². The third-order valence-corrected chi connectivity index (χ3v) is 3.25. The lowest BCUT2D eigenvalue weighted by molar-refractivity contribution is -0.133. The van der Waals surface area contributed by atoms with Gasteiger partial charge in [-0.05, 0) is 32.1 Å². The first-order valence-electron chi connectivity index (χ1n) is 5.82. The minimum atomic E-state index is -1.17. The smallest absolute Gasteiger partial charge is 0.331 e. The van der Waals surface area contributed by atoms with Crippen molar-refractivity contribution in [2.45, 2.75) is 27.2 Å². The molecule has 0 aromatic carbocycles. The Morgan fingerprint density at radius 1 is 1.22 bits per heavy atom. The second kappa shape index (κ2) is 5.66. The van der Waals surface area contributed by atoms with E-state index in [2.05, 4.69) is 17.6 Å². The zero-order valence-corrected chi connectivity index (χ0v) is 10.7. The van der Waals surface area contributed by atoms with Crippen molar-refractivity contribution in [1.82, 2.24) is 10.6 Å². The Morgan fingerprint density at radius 2 is 1.78 bits per heavy atom. The largest absolute Gasteiger partial charge is 0.478 e. The summed E-state index contributed by atoms with van der Waals surface area (Å²) in [6, 6.07) is -0.586. The van der Waals surface area contributed by atoms with Gasteiger partial charge >= 0.3 is 12.0 Å². The molecule has 0 aromatic rings. The zero-order valence-electron chi connectivity index (χ0n) is 10.7. The predicted molar refractivity (Wildman–Crippen MR) is 64.8 cm³/mol. The highest BCUT2D eigenvalue weighted by Crippen LogP contribution is 2.36. The van der Waals surface area contributed by atoms with E-state index in [0.29, 0.717) is 18.4 Å². The van der Waals surface area contributed by atoms with Crippen LogP contribution in [0.25, 0.3) is 0 Å². The van der Waals surface area contributed by atoms with E-state index >= 15 is 0 Å². The van der Waals surface area contributed by atoms with Crippen molar-refractivity contribution in [3.63, 3.8) is 0 Å². The topological polar surface area (TPSA) is 95.5 Å². The van der Waals surface area contributed by atoms with Crippen LogP contribution in [0.2, 0.25) is 0 Å². The number of hydrogen-bond acceptors (Lipinski definition) is 3. The van der Waals surface area contributed by atoms with Crippen molar-refractivity contribution in [1.29, 1.82) is 0 Å². The highest BCUT2D eigenvalue weighted by Gasteiger charge is 2.32. The number of imide groups is 1.